The molecular weight excluding hydrogens is 406 g/mol. The second kappa shape index (κ2) is 9.63. The van der Waals surface area contributed by atoms with Crippen molar-refractivity contribution in [1.29, 1.82) is 0 Å². The molecule has 5 heteroatoms. The summed E-state index contributed by atoms with van der Waals surface area (Å²) in [6.07, 6.45) is 5.06. The van der Waals surface area contributed by atoms with Gasteiger partial charge in [0.1, 0.15) is 5.69 Å². The first kappa shape index (κ1) is 20.9. The van der Waals surface area contributed by atoms with Crippen LogP contribution in [0.4, 0.5) is 0 Å². The summed E-state index contributed by atoms with van der Waals surface area (Å²) in [7, 11) is 0. The summed E-state index contributed by atoms with van der Waals surface area (Å²) in [5.41, 5.74) is 4.70. The van der Waals surface area contributed by atoms with E-state index in [-0.39, 0.29) is 11.9 Å². The zero-order valence-corrected chi connectivity index (χ0v) is 18.1. The molecule has 0 saturated carbocycles. The van der Waals surface area contributed by atoms with Crippen LogP contribution >= 0.6 is 11.6 Å². The number of benzene rings is 3. The molecule has 4 rings (SSSR count). The molecule has 1 atom stereocenters. The van der Waals surface area contributed by atoms with Gasteiger partial charge in [-0.3, -0.25) is 9.36 Å². The minimum absolute atomic E-state index is 0.0499. The molecular formula is C26H24ClN3O. The van der Waals surface area contributed by atoms with Gasteiger partial charge in [-0.2, -0.15) is 0 Å². The van der Waals surface area contributed by atoms with Crippen molar-refractivity contribution in [2.45, 2.75) is 25.8 Å². The lowest BCUT2D eigenvalue weighted by atomic mass is 10.1. The highest BCUT2D eigenvalue weighted by atomic mass is 35.5. The van der Waals surface area contributed by atoms with E-state index in [1.807, 2.05) is 78.2 Å². The number of carbonyl (C=O) groups is 1. The highest BCUT2D eigenvalue weighted by Gasteiger charge is 2.16. The number of nitrogens with one attached hydrogen (secondary N) is 1. The van der Waals surface area contributed by atoms with E-state index in [0.717, 1.165) is 29.7 Å². The van der Waals surface area contributed by atoms with E-state index in [0.29, 0.717) is 10.7 Å². The predicted octanol–water partition coefficient (Wildman–Crippen LogP) is 5.94. The van der Waals surface area contributed by atoms with Crippen molar-refractivity contribution < 1.29 is 4.79 Å². The monoisotopic (exact) mass is 429 g/mol. The first-order valence-corrected chi connectivity index (χ1v) is 10.7. The zero-order valence-electron chi connectivity index (χ0n) is 17.3. The Morgan fingerprint density at radius 2 is 1.74 bits per heavy atom. The van der Waals surface area contributed by atoms with E-state index >= 15 is 0 Å². The average Bonchev–Trinajstić information content (AvgIpc) is 3.29. The van der Waals surface area contributed by atoms with Crippen molar-refractivity contribution >= 4 is 17.5 Å². The largest absolute Gasteiger partial charge is 0.348 e. The maximum atomic E-state index is 12.9. The Balaban J connectivity index is 1.48. The Kier molecular flexibility index (Phi) is 6.48. The molecule has 3 aromatic carbocycles. The first-order chi connectivity index (χ1) is 15.1. The fourth-order valence-corrected chi connectivity index (χ4v) is 3.76. The van der Waals surface area contributed by atoms with Crippen LogP contribution in [0.15, 0.2) is 91.4 Å². The van der Waals surface area contributed by atoms with Gasteiger partial charge in [0.25, 0.3) is 5.91 Å². The molecule has 1 heterocycles. The Bertz CT molecular complexity index is 1170. The van der Waals surface area contributed by atoms with E-state index < -0.39 is 0 Å². The molecule has 0 fully saturated rings. The first-order valence-electron chi connectivity index (χ1n) is 10.3. The quantitative estimate of drug-likeness (QED) is 0.395. The molecule has 1 amide bonds. The molecule has 4 nitrogen and oxygen atoms in total. The summed E-state index contributed by atoms with van der Waals surface area (Å²) in [4.78, 5) is 17.1. The number of halogens is 1. The maximum absolute atomic E-state index is 12.9. The van der Waals surface area contributed by atoms with E-state index in [1.54, 1.807) is 12.5 Å². The van der Waals surface area contributed by atoms with Crippen LogP contribution in [0.3, 0.4) is 0 Å². The second-order valence-electron chi connectivity index (χ2n) is 7.61. The van der Waals surface area contributed by atoms with Gasteiger partial charge in [0.2, 0.25) is 0 Å². The fraction of sp³-hybridized carbons (Fsp3) is 0.154. The highest BCUT2D eigenvalue weighted by Crippen LogP contribution is 2.25. The maximum Gasteiger partial charge on any atom is 0.270 e. The highest BCUT2D eigenvalue weighted by molar-refractivity contribution is 6.30. The summed E-state index contributed by atoms with van der Waals surface area (Å²) in [5.74, 6) is -0.133. The molecule has 0 aliphatic heterocycles. The number of amides is 1. The standard InChI is InChI=1S/C26H24ClN3O/c1-19(13-14-20-7-3-2-4-8-20)29-26(31)25-17-28-18-30(25)24-12-6-10-22(16-24)21-9-5-11-23(27)15-21/h2-12,15-19H,13-14H2,1H3,(H,29,31)/t19-/m0/s1. The molecule has 1 N–H and O–H groups in total. The summed E-state index contributed by atoms with van der Waals surface area (Å²) in [6, 6.07) is 26.1. The van der Waals surface area contributed by atoms with Crippen molar-refractivity contribution in [2.24, 2.45) is 0 Å². The second-order valence-corrected chi connectivity index (χ2v) is 8.04. The minimum atomic E-state index is -0.133. The third-order valence-corrected chi connectivity index (χ3v) is 5.47. The van der Waals surface area contributed by atoms with Crippen LogP contribution < -0.4 is 5.32 Å². The van der Waals surface area contributed by atoms with Crippen LogP contribution in [-0.4, -0.2) is 21.5 Å². The molecule has 156 valence electrons. The van der Waals surface area contributed by atoms with Gasteiger partial charge in [0.05, 0.1) is 12.5 Å². The fourth-order valence-electron chi connectivity index (χ4n) is 3.57. The van der Waals surface area contributed by atoms with Crippen LogP contribution in [0.5, 0.6) is 0 Å². The third-order valence-electron chi connectivity index (χ3n) is 5.24. The number of hydrogen-bond donors (Lipinski definition) is 1. The smallest absolute Gasteiger partial charge is 0.270 e. The lowest BCUT2D eigenvalue weighted by Crippen LogP contribution is -2.34. The molecule has 0 bridgehead atoms. The SMILES string of the molecule is C[C@@H](CCc1ccccc1)NC(=O)c1cncn1-c1cccc(-c2cccc(Cl)c2)c1. The molecule has 0 aliphatic carbocycles. The molecule has 0 spiro atoms. The average molecular weight is 430 g/mol. The molecule has 4 aromatic rings. The summed E-state index contributed by atoms with van der Waals surface area (Å²) in [5, 5.41) is 3.79. The molecule has 0 unspecified atom stereocenters. The van der Waals surface area contributed by atoms with Crippen LogP contribution in [-0.2, 0) is 6.42 Å². The molecule has 31 heavy (non-hydrogen) atoms. The predicted molar refractivity (Wildman–Crippen MR) is 126 cm³/mol. The van der Waals surface area contributed by atoms with E-state index in [4.69, 9.17) is 11.6 Å². The van der Waals surface area contributed by atoms with Gasteiger partial charge in [-0.1, -0.05) is 66.2 Å². The number of carbonyl (C=O) groups excluding carboxylic acids is 1. The van der Waals surface area contributed by atoms with Crippen molar-refractivity contribution in [2.75, 3.05) is 0 Å². The van der Waals surface area contributed by atoms with Gasteiger partial charge in [-0.05, 0) is 60.7 Å². The van der Waals surface area contributed by atoms with Crippen LogP contribution in [0.2, 0.25) is 5.02 Å². The lowest BCUT2D eigenvalue weighted by molar-refractivity contribution is 0.0931. The molecule has 0 saturated heterocycles. The van der Waals surface area contributed by atoms with Gasteiger partial charge in [0.15, 0.2) is 0 Å². The van der Waals surface area contributed by atoms with E-state index in [1.165, 1.54) is 5.56 Å². The number of hydrogen-bond acceptors (Lipinski definition) is 2. The number of imidazole rings is 1. The van der Waals surface area contributed by atoms with Gasteiger partial charge < -0.3 is 5.32 Å². The normalized spacial score (nSPS) is 11.8. The molecule has 0 radical (unpaired) electrons. The van der Waals surface area contributed by atoms with Gasteiger partial charge in [0, 0.05) is 16.8 Å². The summed E-state index contributed by atoms with van der Waals surface area (Å²) >= 11 is 6.15. The van der Waals surface area contributed by atoms with Crippen molar-refractivity contribution in [3.63, 3.8) is 0 Å². The van der Waals surface area contributed by atoms with Crippen molar-refractivity contribution in [3.05, 3.63) is 108 Å². The topological polar surface area (TPSA) is 46.9 Å². The summed E-state index contributed by atoms with van der Waals surface area (Å²) in [6.45, 7) is 2.03. The minimum Gasteiger partial charge on any atom is -0.348 e. The molecule has 1 aromatic heterocycles. The number of aryl methyl sites for hydroxylation is 1. The van der Waals surface area contributed by atoms with Gasteiger partial charge >= 0.3 is 0 Å². The van der Waals surface area contributed by atoms with Crippen LogP contribution in [0.25, 0.3) is 16.8 Å². The van der Waals surface area contributed by atoms with Crippen molar-refractivity contribution in [3.8, 4) is 16.8 Å². The number of rotatable bonds is 7. The van der Waals surface area contributed by atoms with Gasteiger partial charge in [-0.15, -0.1) is 0 Å². The third kappa shape index (κ3) is 5.22. The molecule has 0 aliphatic rings. The number of nitrogens with zero attached hydrogens (tertiary/aromatic N) is 2. The Morgan fingerprint density at radius 3 is 2.52 bits per heavy atom. The van der Waals surface area contributed by atoms with Crippen LogP contribution in [0.1, 0.15) is 29.4 Å². The van der Waals surface area contributed by atoms with Crippen molar-refractivity contribution in [1.82, 2.24) is 14.9 Å². The number of aromatic nitrogens is 2. The summed E-state index contributed by atoms with van der Waals surface area (Å²) < 4.78 is 1.81. The lowest BCUT2D eigenvalue weighted by Gasteiger charge is -2.15. The van der Waals surface area contributed by atoms with E-state index in [2.05, 4.69) is 22.4 Å². The Labute approximate surface area is 187 Å². The van der Waals surface area contributed by atoms with E-state index in [9.17, 15) is 4.79 Å². The Morgan fingerprint density at radius 1 is 1.00 bits per heavy atom. The Hall–Kier alpha value is -3.37. The van der Waals surface area contributed by atoms with Crippen LogP contribution in [0, 0.1) is 0 Å². The zero-order chi connectivity index (χ0) is 21.6. The van der Waals surface area contributed by atoms with Gasteiger partial charge in [-0.25, -0.2) is 4.98 Å².